The Morgan fingerprint density at radius 2 is 1.83 bits per heavy atom. The van der Waals surface area contributed by atoms with Crippen LogP contribution in [0.3, 0.4) is 0 Å². The fourth-order valence-corrected chi connectivity index (χ4v) is 4.56. The predicted octanol–water partition coefficient (Wildman–Crippen LogP) is 6.32. The Hall–Kier alpha value is -1.99. The van der Waals surface area contributed by atoms with E-state index in [4.69, 9.17) is 13.9 Å². The topological polar surface area (TPSA) is 78.9 Å². The van der Waals surface area contributed by atoms with Gasteiger partial charge in [0.25, 0.3) is 0 Å². The van der Waals surface area contributed by atoms with Crippen LogP contribution in [0, 0.1) is 11.8 Å². The molecule has 0 saturated heterocycles. The van der Waals surface area contributed by atoms with Gasteiger partial charge in [0.1, 0.15) is 12.2 Å². The average Bonchev–Trinajstić information content (AvgIpc) is 2.73. The molecule has 0 amide bonds. The van der Waals surface area contributed by atoms with Gasteiger partial charge < -0.3 is 13.9 Å². The van der Waals surface area contributed by atoms with Crippen molar-refractivity contribution in [3.63, 3.8) is 0 Å². The molecule has 1 heterocycles. The SMILES string of the molecule is C/C=C(/C)[C@H]1C/C=C(\C)[C@@H](O[Si](C)(C)C(C)(C)C)[C@H](OC(=O)CC(C)C)C(=O)/C=C/[C@H](C)C(=O)O1. The van der Waals surface area contributed by atoms with Gasteiger partial charge in [-0.25, -0.2) is 0 Å². The molecule has 6 nitrogen and oxygen atoms in total. The molecule has 0 spiro atoms. The highest BCUT2D eigenvalue weighted by atomic mass is 28.4. The second kappa shape index (κ2) is 12.8. The molecule has 0 bridgehead atoms. The van der Waals surface area contributed by atoms with Gasteiger partial charge in [0, 0.05) is 12.8 Å². The molecule has 0 aromatic rings. The molecule has 1 aliphatic rings. The first-order valence-corrected chi connectivity index (χ1v) is 15.5. The zero-order chi connectivity index (χ0) is 27.1. The molecule has 35 heavy (non-hydrogen) atoms. The smallest absolute Gasteiger partial charge is 0.313 e. The summed E-state index contributed by atoms with van der Waals surface area (Å²) in [6.45, 7) is 21.9. The van der Waals surface area contributed by atoms with Gasteiger partial charge in [0.15, 0.2) is 20.2 Å². The summed E-state index contributed by atoms with van der Waals surface area (Å²) in [5, 5.41) is -0.115. The lowest BCUT2D eigenvalue weighted by atomic mass is 9.97. The Kier molecular flexibility index (Phi) is 11.4. The van der Waals surface area contributed by atoms with E-state index in [-0.39, 0.29) is 17.4 Å². The van der Waals surface area contributed by atoms with Crippen LogP contribution in [-0.4, -0.2) is 44.4 Å². The van der Waals surface area contributed by atoms with Crippen molar-refractivity contribution in [2.75, 3.05) is 0 Å². The number of ketones is 1. The summed E-state index contributed by atoms with van der Waals surface area (Å²) in [6, 6.07) is 0. The molecular weight excluding hydrogens is 460 g/mol. The Morgan fingerprint density at radius 1 is 1.23 bits per heavy atom. The van der Waals surface area contributed by atoms with Crippen LogP contribution in [0.1, 0.15) is 75.2 Å². The highest BCUT2D eigenvalue weighted by Gasteiger charge is 2.43. The molecule has 0 fully saturated rings. The lowest BCUT2D eigenvalue weighted by molar-refractivity contribution is -0.159. The normalized spacial score (nSPS) is 27.9. The largest absolute Gasteiger partial charge is 0.457 e. The summed E-state index contributed by atoms with van der Waals surface area (Å²) >= 11 is 0. The minimum absolute atomic E-state index is 0.0927. The van der Waals surface area contributed by atoms with Gasteiger partial charge >= 0.3 is 11.9 Å². The van der Waals surface area contributed by atoms with Crippen molar-refractivity contribution >= 4 is 26.0 Å². The maximum Gasteiger partial charge on any atom is 0.313 e. The Bertz CT molecular complexity index is 859. The van der Waals surface area contributed by atoms with Gasteiger partial charge in [0.05, 0.1) is 5.92 Å². The van der Waals surface area contributed by atoms with Crippen LogP contribution in [0.5, 0.6) is 0 Å². The van der Waals surface area contributed by atoms with E-state index in [2.05, 4.69) is 33.9 Å². The number of ether oxygens (including phenoxy) is 2. The molecule has 1 aliphatic heterocycles. The van der Waals surface area contributed by atoms with E-state index in [0.717, 1.165) is 11.1 Å². The number of hydrogen-bond donors (Lipinski definition) is 0. The van der Waals surface area contributed by atoms with Crippen molar-refractivity contribution in [3.8, 4) is 0 Å². The van der Waals surface area contributed by atoms with Crippen LogP contribution >= 0.6 is 0 Å². The number of carbonyl (C=O) groups excluding carboxylic acids is 3. The molecular formula is C28H46O6Si. The molecule has 0 N–H and O–H groups in total. The molecule has 4 atom stereocenters. The number of allylic oxidation sites excluding steroid dienone is 1. The van der Waals surface area contributed by atoms with Crippen molar-refractivity contribution in [2.45, 2.75) is 112 Å². The van der Waals surface area contributed by atoms with E-state index in [1.54, 1.807) is 6.92 Å². The van der Waals surface area contributed by atoms with E-state index in [9.17, 15) is 14.4 Å². The van der Waals surface area contributed by atoms with Gasteiger partial charge in [-0.3, -0.25) is 14.4 Å². The van der Waals surface area contributed by atoms with E-state index in [1.807, 2.05) is 46.8 Å². The van der Waals surface area contributed by atoms with E-state index in [0.29, 0.717) is 6.42 Å². The second-order valence-electron chi connectivity index (χ2n) is 11.5. The van der Waals surface area contributed by atoms with Gasteiger partial charge in [0.2, 0.25) is 0 Å². The number of hydrogen-bond acceptors (Lipinski definition) is 6. The van der Waals surface area contributed by atoms with Gasteiger partial charge in [-0.2, -0.15) is 0 Å². The first kappa shape index (κ1) is 31.0. The lowest BCUT2D eigenvalue weighted by Crippen LogP contribution is -2.50. The fraction of sp³-hybridized carbons (Fsp3) is 0.679. The molecule has 1 rings (SSSR count). The molecule has 7 heteroatoms. The predicted molar refractivity (Wildman–Crippen MR) is 142 cm³/mol. The zero-order valence-electron chi connectivity index (χ0n) is 23.6. The van der Waals surface area contributed by atoms with Crippen LogP contribution in [-0.2, 0) is 28.3 Å². The average molecular weight is 507 g/mol. The van der Waals surface area contributed by atoms with Crippen molar-refractivity contribution in [1.82, 2.24) is 0 Å². The first-order valence-electron chi connectivity index (χ1n) is 12.6. The maximum absolute atomic E-state index is 13.4. The van der Waals surface area contributed by atoms with Crippen LogP contribution in [0.4, 0.5) is 0 Å². The molecule has 0 aliphatic carbocycles. The van der Waals surface area contributed by atoms with Crippen LogP contribution in [0.2, 0.25) is 18.1 Å². The number of carbonyl (C=O) groups is 3. The van der Waals surface area contributed by atoms with Gasteiger partial charge in [-0.05, 0) is 69.0 Å². The number of cyclic esters (lactones) is 1. The number of rotatable bonds is 6. The van der Waals surface area contributed by atoms with Crippen molar-refractivity contribution < 1.29 is 28.3 Å². The molecule has 0 radical (unpaired) electrons. The van der Waals surface area contributed by atoms with Gasteiger partial charge in [-0.15, -0.1) is 0 Å². The highest BCUT2D eigenvalue weighted by molar-refractivity contribution is 6.74. The molecule has 0 aromatic heterocycles. The molecule has 0 unspecified atom stereocenters. The molecule has 198 valence electrons. The fourth-order valence-electron chi connectivity index (χ4n) is 3.26. The minimum Gasteiger partial charge on any atom is -0.457 e. The minimum atomic E-state index is -2.35. The summed E-state index contributed by atoms with van der Waals surface area (Å²) in [5.74, 6) is -1.78. The summed E-state index contributed by atoms with van der Waals surface area (Å²) < 4.78 is 18.3. The van der Waals surface area contributed by atoms with Crippen LogP contribution in [0.15, 0.2) is 35.5 Å². The summed E-state index contributed by atoms with van der Waals surface area (Å²) in [4.78, 5) is 38.8. The monoisotopic (exact) mass is 506 g/mol. The Balaban J connectivity index is 3.63. The standard InChI is InChI=1S/C28H46O6Si/c1-12-19(4)23-16-14-20(5)25(34-35(10,11)28(7,8)9)26(33-24(30)17-18(2)3)22(29)15-13-21(6)27(31)32-23/h12-15,18,21,23,25-26H,16-17H2,1-11H3/b15-13+,19-12-,20-14+/t21-,23+,25+,26+/m0/s1. The summed E-state index contributed by atoms with van der Waals surface area (Å²) in [6.07, 6.45) is 5.05. The van der Waals surface area contributed by atoms with E-state index < -0.39 is 50.3 Å². The van der Waals surface area contributed by atoms with Gasteiger partial charge in [-0.1, -0.05) is 52.8 Å². The first-order chi connectivity index (χ1) is 16.0. The summed E-state index contributed by atoms with van der Waals surface area (Å²) in [5.41, 5.74) is 1.71. The van der Waals surface area contributed by atoms with E-state index in [1.165, 1.54) is 12.2 Å². The van der Waals surface area contributed by atoms with E-state index >= 15 is 0 Å². The highest BCUT2D eigenvalue weighted by Crippen LogP contribution is 2.39. The third-order valence-corrected chi connectivity index (χ3v) is 11.3. The zero-order valence-corrected chi connectivity index (χ0v) is 24.6. The Labute approximate surface area is 213 Å². The van der Waals surface area contributed by atoms with Crippen molar-refractivity contribution in [2.24, 2.45) is 11.8 Å². The third kappa shape index (κ3) is 9.19. The van der Waals surface area contributed by atoms with Crippen molar-refractivity contribution in [3.05, 3.63) is 35.5 Å². The number of esters is 2. The third-order valence-electron chi connectivity index (χ3n) is 6.86. The maximum atomic E-state index is 13.4. The van der Waals surface area contributed by atoms with Crippen LogP contribution in [0.25, 0.3) is 0 Å². The lowest BCUT2D eigenvalue weighted by Gasteiger charge is -2.41. The second-order valence-corrected chi connectivity index (χ2v) is 16.3. The van der Waals surface area contributed by atoms with Crippen LogP contribution < -0.4 is 0 Å². The quantitative estimate of drug-likeness (QED) is 0.238. The Morgan fingerprint density at radius 3 is 2.34 bits per heavy atom. The summed E-state index contributed by atoms with van der Waals surface area (Å²) in [7, 11) is -2.35. The molecule has 0 saturated carbocycles. The molecule has 0 aromatic carbocycles. The van der Waals surface area contributed by atoms with Crippen molar-refractivity contribution in [1.29, 1.82) is 0 Å².